The molecular weight excluding hydrogens is 298 g/mol. The molecule has 1 aliphatic heterocycles. The van der Waals surface area contributed by atoms with Gasteiger partial charge in [0.05, 0.1) is 10.9 Å². The minimum absolute atomic E-state index is 0.121. The van der Waals surface area contributed by atoms with Gasteiger partial charge in [0, 0.05) is 6.08 Å². The zero-order chi connectivity index (χ0) is 15.7. The van der Waals surface area contributed by atoms with E-state index in [4.69, 9.17) is 0 Å². The minimum Gasteiger partial charge on any atom is -0.269 e. The van der Waals surface area contributed by atoms with Gasteiger partial charge in [-0.05, 0) is 24.6 Å². The van der Waals surface area contributed by atoms with Crippen molar-refractivity contribution in [3.05, 3.63) is 77.9 Å². The summed E-state index contributed by atoms with van der Waals surface area (Å²) in [6.07, 6.45) is 2.92. The van der Waals surface area contributed by atoms with Crippen molar-refractivity contribution >= 4 is 15.9 Å². The molecule has 0 fully saturated rings. The van der Waals surface area contributed by atoms with E-state index in [2.05, 4.69) is 0 Å². The molecule has 4 nitrogen and oxygen atoms in total. The zero-order valence-electron chi connectivity index (χ0n) is 12.0. The van der Waals surface area contributed by atoms with Crippen LogP contribution in [0, 0.1) is 6.92 Å². The van der Waals surface area contributed by atoms with E-state index in [1.807, 2.05) is 37.3 Å². The Bertz CT molecular complexity index is 824. The maximum Gasteiger partial charge on any atom is 0.267 e. The maximum atomic E-state index is 12.8. The molecule has 3 rings (SSSR count). The lowest BCUT2D eigenvalue weighted by atomic mass is 10.1. The van der Waals surface area contributed by atoms with E-state index in [0.717, 1.165) is 15.4 Å². The molecule has 2 aromatic rings. The van der Waals surface area contributed by atoms with Crippen LogP contribution in [0.3, 0.4) is 0 Å². The van der Waals surface area contributed by atoms with Crippen molar-refractivity contribution < 1.29 is 13.2 Å². The van der Waals surface area contributed by atoms with Crippen LogP contribution in [0.4, 0.5) is 0 Å². The molecule has 22 heavy (non-hydrogen) atoms. The van der Waals surface area contributed by atoms with Crippen LogP contribution >= 0.6 is 0 Å². The number of hydrogen-bond acceptors (Lipinski definition) is 3. The van der Waals surface area contributed by atoms with Gasteiger partial charge in [-0.25, -0.2) is 12.7 Å². The molecule has 1 aliphatic rings. The van der Waals surface area contributed by atoms with Crippen LogP contribution in [-0.4, -0.2) is 18.6 Å². The second-order valence-electron chi connectivity index (χ2n) is 5.17. The summed E-state index contributed by atoms with van der Waals surface area (Å²) in [7, 11) is -3.88. The standard InChI is InChI=1S/C17H15NO3S/c1-13-7-9-15(10-8-13)22(20,21)18-16(11-12-17(18)19)14-5-3-2-4-6-14/h2-12,16H,1H3. The minimum atomic E-state index is -3.88. The van der Waals surface area contributed by atoms with Gasteiger partial charge in [-0.1, -0.05) is 54.1 Å². The molecule has 2 aromatic carbocycles. The second kappa shape index (κ2) is 5.42. The molecule has 0 saturated carbocycles. The van der Waals surface area contributed by atoms with Gasteiger partial charge in [0.25, 0.3) is 15.9 Å². The number of benzene rings is 2. The van der Waals surface area contributed by atoms with Crippen molar-refractivity contribution in [3.8, 4) is 0 Å². The van der Waals surface area contributed by atoms with E-state index in [1.54, 1.807) is 18.2 Å². The van der Waals surface area contributed by atoms with Crippen molar-refractivity contribution in [1.29, 1.82) is 0 Å². The van der Waals surface area contributed by atoms with E-state index in [9.17, 15) is 13.2 Å². The summed E-state index contributed by atoms with van der Waals surface area (Å²) in [5, 5.41) is 0. The highest BCUT2D eigenvalue weighted by Gasteiger charge is 2.37. The van der Waals surface area contributed by atoms with Gasteiger partial charge >= 0.3 is 0 Å². The summed E-state index contributed by atoms with van der Waals surface area (Å²) in [6.45, 7) is 1.88. The fourth-order valence-corrected chi connectivity index (χ4v) is 3.95. The monoisotopic (exact) mass is 313 g/mol. The highest BCUT2D eigenvalue weighted by molar-refractivity contribution is 7.89. The molecule has 0 spiro atoms. The Labute approximate surface area is 129 Å². The summed E-state index contributed by atoms with van der Waals surface area (Å²) in [4.78, 5) is 12.2. The van der Waals surface area contributed by atoms with Gasteiger partial charge < -0.3 is 0 Å². The largest absolute Gasteiger partial charge is 0.269 e. The third-order valence-electron chi connectivity index (χ3n) is 3.61. The fourth-order valence-electron chi connectivity index (χ4n) is 2.45. The first-order valence-electron chi connectivity index (χ1n) is 6.88. The van der Waals surface area contributed by atoms with Crippen LogP contribution in [0.1, 0.15) is 17.2 Å². The SMILES string of the molecule is Cc1ccc(S(=O)(=O)N2C(=O)C=CC2c2ccccc2)cc1. The topological polar surface area (TPSA) is 54.5 Å². The normalized spacial score (nSPS) is 18.0. The molecular formula is C17H15NO3S. The van der Waals surface area contributed by atoms with Gasteiger partial charge in [0.2, 0.25) is 0 Å². The van der Waals surface area contributed by atoms with E-state index in [1.165, 1.54) is 18.2 Å². The lowest BCUT2D eigenvalue weighted by molar-refractivity contribution is -0.121. The first-order chi connectivity index (χ1) is 10.5. The number of nitrogens with zero attached hydrogens (tertiary/aromatic N) is 1. The Kier molecular flexibility index (Phi) is 3.58. The Morgan fingerprint density at radius 3 is 2.23 bits per heavy atom. The molecule has 1 heterocycles. The number of hydrogen-bond donors (Lipinski definition) is 0. The molecule has 1 atom stereocenters. The zero-order valence-corrected chi connectivity index (χ0v) is 12.8. The summed E-state index contributed by atoms with van der Waals surface area (Å²) < 4.78 is 26.5. The molecule has 0 radical (unpaired) electrons. The third-order valence-corrected chi connectivity index (χ3v) is 5.40. The molecule has 0 N–H and O–H groups in total. The van der Waals surface area contributed by atoms with Gasteiger partial charge in [0.15, 0.2) is 0 Å². The van der Waals surface area contributed by atoms with Crippen molar-refractivity contribution in [1.82, 2.24) is 4.31 Å². The van der Waals surface area contributed by atoms with E-state index < -0.39 is 22.0 Å². The first kappa shape index (κ1) is 14.5. The number of amides is 1. The number of carbonyl (C=O) groups is 1. The Hall–Kier alpha value is -2.40. The Morgan fingerprint density at radius 2 is 1.59 bits per heavy atom. The van der Waals surface area contributed by atoms with Gasteiger partial charge in [-0.3, -0.25) is 4.79 Å². The quantitative estimate of drug-likeness (QED) is 0.875. The Morgan fingerprint density at radius 1 is 0.955 bits per heavy atom. The molecule has 0 aromatic heterocycles. The van der Waals surface area contributed by atoms with E-state index in [-0.39, 0.29) is 4.90 Å². The summed E-state index contributed by atoms with van der Waals surface area (Å²) in [5.74, 6) is -0.519. The molecule has 0 saturated heterocycles. The van der Waals surface area contributed by atoms with E-state index in [0.29, 0.717) is 0 Å². The molecule has 5 heteroatoms. The van der Waals surface area contributed by atoms with Crippen molar-refractivity contribution in [2.75, 3.05) is 0 Å². The lowest BCUT2D eigenvalue weighted by Crippen LogP contribution is -2.34. The third kappa shape index (κ3) is 2.44. The average Bonchev–Trinajstić information content (AvgIpc) is 2.91. The smallest absolute Gasteiger partial charge is 0.267 e. The summed E-state index contributed by atoms with van der Waals surface area (Å²) >= 11 is 0. The van der Waals surface area contributed by atoms with Crippen molar-refractivity contribution in [2.45, 2.75) is 17.9 Å². The van der Waals surface area contributed by atoms with Crippen LogP contribution in [-0.2, 0) is 14.8 Å². The number of carbonyl (C=O) groups excluding carboxylic acids is 1. The predicted molar refractivity (Wildman–Crippen MR) is 83.5 cm³/mol. The van der Waals surface area contributed by atoms with Crippen LogP contribution in [0.25, 0.3) is 0 Å². The highest BCUT2D eigenvalue weighted by atomic mass is 32.2. The van der Waals surface area contributed by atoms with Crippen molar-refractivity contribution in [3.63, 3.8) is 0 Å². The van der Waals surface area contributed by atoms with Crippen LogP contribution < -0.4 is 0 Å². The summed E-state index contributed by atoms with van der Waals surface area (Å²) in [6, 6.07) is 15.0. The molecule has 112 valence electrons. The van der Waals surface area contributed by atoms with Crippen molar-refractivity contribution in [2.24, 2.45) is 0 Å². The molecule has 1 amide bonds. The average molecular weight is 313 g/mol. The molecule has 0 aliphatic carbocycles. The summed E-state index contributed by atoms with van der Waals surface area (Å²) in [5.41, 5.74) is 1.73. The molecule has 1 unspecified atom stereocenters. The highest BCUT2D eigenvalue weighted by Crippen LogP contribution is 2.33. The fraction of sp³-hybridized carbons (Fsp3) is 0.118. The second-order valence-corrected chi connectivity index (χ2v) is 6.98. The van der Waals surface area contributed by atoms with Gasteiger partial charge in [0.1, 0.15) is 0 Å². The number of sulfonamides is 1. The van der Waals surface area contributed by atoms with E-state index >= 15 is 0 Å². The number of rotatable bonds is 3. The van der Waals surface area contributed by atoms with Gasteiger partial charge in [-0.15, -0.1) is 0 Å². The first-order valence-corrected chi connectivity index (χ1v) is 8.32. The van der Waals surface area contributed by atoms with Crippen LogP contribution in [0.2, 0.25) is 0 Å². The Balaban J connectivity index is 2.05. The van der Waals surface area contributed by atoms with Crippen LogP contribution in [0.15, 0.2) is 71.6 Å². The predicted octanol–water partition coefficient (Wildman–Crippen LogP) is 2.82. The van der Waals surface area contributed by atoms with Crippen LogP contribution in [0.5, 0.6) is 0 Å². The molecule has 0 bridgehead atoms. The number of aryl methyl sites for hydroxylation is 1. The lowest BCUT2D eigenvalue weighted by Gasteiger charge is -2.24. The van der Waals surface area contributed by atoms with Gasteiger partial charge in [-0.2, -0.15) is 0 Å². The maximum absolute atomic E-state index is 12.8.